The second-order valence-corrected chi connectivity index (χ2v) is 6.86. The summed E-state index contributed by atoms with van der Waals surface area (Å²) in [6.07, 6.45) is 6.17. The van der Waals surface area contributed by atoms with E-state index in [4.69, 9.17) is 15.6 Å². The smallest absolute Gasteiger partial charge is 0.0945 e. The monoisotopic (exact) mass is 329 g/mol. The van der Waals surface area contributed by atoms with E-state index in [0.29, 0.717) is 0 Å². The summed E-state index contributed by atoms with van der Waals surface area (Å²) in [5, 5.41) is 5.90. The standard InChI is InChI=1S/C18H27N5O/c19-16-12-15-14-23(7-6-21-4-2-1-3-5-21)20-17(15)13-18(16)22-8-10-24-11-9-22/h12-14H,1-11,19H2. The van der Waals surface area contributed by atoms with Crippen LogP contribution in [-0.4, -0.2) is 60.6 Å². The number of fused-ring (bicyclic) bond motifs is 1. The molecule has 0 unspecified atom stereocenters. The van der Waals surface area contributed by atoms with Crippen molar-refractivity contribution in [3.63, 3.8) is 0 Å². The molecule has 0 aliphatic carbocycles. The molecule has 2 aliphatic heterocycles. The highest BCUT2D eigenvalue weighted by Crippen LogP contribution is 2.29. The van der Waals surface area contributed by atoms with Crippen molar-refractivity contribution in [1.82, 2.24) is 14.7 Å². The maximum Gasteiger partial charge on any atom is 0.0945 e. The van der Waals surface area contributed by atoms with Gasteiger partial charge in [-0.1, -0.05) is 6.42 Å². The van der Waals surface area contributed by atoms with Gasteiger partial charge in [0.2, 0.25) is 0 Å². The Kier molecular flexibility index (Phi) is 4.58. The Morgan fingerprint density at radius 1 is 1.00 bits per heavy atom. The summed E-state index contributed by atoms with van der Waals surface area (Å²) >= 11 is 0. The summed E-state index contributed by atoms with van der Waals surface area (Å²) in [5.41, 5.74) is 9.24. The van der Waals surface area contributed by atoms with Gasteiger partial charge in [-0.15, -0.1) is 0 Å². The minimum Gasteiger partial charge on any atom is -0.397 e. The normalized spacial score (nSPS) is 19.9. The van der Waals surface area contributed by atoms with E-state index >= 15 is 0 Å². The van der Waals surface area contributed by atoms with Gasteiger partial charge in [0.05, 0.1) is 36.6 Å². The predicted octanol–water partition coefficient (Wildman–Crippen LogP) is 1.94. The Morgan fingerprint density at radius 2 is 1.79 bits per heavy atom. The quantitative estimate of drug-likeness (QED) is 0.869. The number of aromatic nitrogens is 2. The topological polar surface area (TPSA) is 59.5 Å². The van der Waals surface area contributed by atoms with Crippen LogP contribution in [0, 0.1) is 0 Å². The predicted molar refractivity (Wildman–Crippen MR) is 97.5 cm³/mol. The van der Waals surface area contributed by atoms with E-state index in [2.05, 4.69) is 32.8 Å². The largest absolute Gasteiger partial charge is 0.397 e. The molecule has 1 aromatic carbocycles. The van der Waals surface area contributed by atoms with Crippen LogP contribution in [0.2, 0.25) is 0 Å². The molecule has 2 N–H and O–H groups in total. The number of benzene rings is 1. The molecule has 0 spiro atoms. The number of piperidine rings is 1. The maximum atomic E-state index is 6.29. The SMILES string of the molecule is Nc1cc2cn(CCN3CCCCC3)nc2cc1N1CCOCC1. The Bertz CT molecular complexity index is 686. The molecule has 2 fully saturated rings. The first-order valence-electron chi connectivity index (χ1n) is 9.11. The molecule has 2 saturated heterocycles. The number of anilines is 2. The molecule has 6 nitrogen and oxygen atoms in total. The van der Waals surface area contributed by atoms with Gasteiger partial charge in [0.1, 0.15) is 0 Å². The van der Waals surface area contributed by atoms with Crippen LogP contribution in [0.25, 0.3) is 10.9 Å². The number of hydrogen-bond acceptors (Lipinski definition) is 5. The second-order valence-electron chi connectivity index (χ2n) is 6.86. The molecule has 2 aromatic rings. The van der Waals surface area contributed by atoms with Crippen molar-refractivity contribution in [2.75, 3.05) is 56.6 Å². The molecule has 0 atom stereocenters. The zero-order valence-electron chi connectivity index (χ0n) is 14.3. The molecule has 4 rings (SSSR count). The van der Waals surface area contributed by atoms with Crippen molar-refractivity contribution < 1.29 is 4.74 Å². The zero-order chi connectivity index (χ0) is 16.4. The van der Waals surface area contributed by atoms with Crippen molar-refractivity contribution in [1.29, 1.82) is 0 Å². The fourth-order valence-electron chi connectivity index (χ4n) is 3.75. The van der Waals surface area contributed by atoms with Crippen molar-refractivity contribution in [2.24, 2.45) is 0 Å². The molecule has 130 valence electrons. The first-order valence-corrected chi connectivity index (χ1v) is 9.11. The van der Waals surface area contributed by atoms with Gasteiger partial charge in [-0.05, 0) is 38.1 Å². The highest BCUT2D eigenvalue weighted by atomic mass is 16.5. The van der Waals surface area contributed by atoms with Crippen molar-refractivity contribution in [2.45, 2.75) is 25.8 Å². The zero-order valence-corrected chi connectivity index (χ0v) is 14.3. The van der Waals surface area contributed by atoms with Crippen molar-refractivity contribution in [3.05, 3.63) is 18.3 Å². The van der Waals surface area contributed by atoms with Gasteiger partial charge in [0.25, 0.3) is 0 Å². The molecule has 0 radical (unpaired) electrons. The lowest BCUT2D eigenvalue weighted by molar-refractivity contribution is 0.123. The van der Waals surface area contributed by atoms with Crippen LogP contribution < -0.4 is 10.6 Å². The number of nitrogens with zero attached hydrogens (tertiary/aromatic N) is 4. The van der Waals surface area contributed by atoms with E-state index in [0.717, 1.165) is 61.7 Å². The molecule has 24 heavy (non-hydrogen) atoms. The van der Waals surface area contributed by atoms with Crippen LogP contribution in [0.5, 0.6) is 0 Å². The molecular weight excluding hydrogens is 302 g/mol. The van der Waals surface area contributed by atoms with E-state index in [1.54, 1.807) is 0 Å². The third kappa shape index (κ3) is 3.35. The summed E-state index contributed by atoms with van der Waals surface area (Å²) in [7, 11) is 0. The van der Waals surface area contributed by atoms with Gasteiger partial charge >= 0.3 is 0 Å². The molecule has 0 amide bonds. The highest BCUT2D eigenvalue weighted by molar-refractivity contribution is 5.89. The summed E-state index contributed by atoms with van der Waals surface area (Å²) in [6.45, 7) is 7.81. The van der Waals surface area contributed by atoms with Crippen LogP contribution in [0.1, 0.15) is 19.3 Å². The number of hydrogen-bond donors (Lipinski definition) is 1. The lowest BCUT2D eigenvalue weighted by Crippen LogP contribution is -2.36. The van der Waals surface area contributed by atoms with Gasteiger partial charge in [-0.25, -0.2) is 0 Å². The molecular formula is C18H27N5O. The second kappa shape index (κ2) is 6.99. The minimum absolute atomic E-state index is 0.766. The molecule has 1 aromatic heterocycles. The summed E-state index contributed by atoms with van der Waals surface area (Å²) in [6, 6.07) is 4.19. The third-order valence-electron chi connectivity index (χ3n) is 5.15. The number of nitrogens with two attached hydrogens (primary N) is 1. The molecule has 2 aliphatic rings. The lowest BCUT2D eigenvalue weighted by Gasteiger charge is -2.29. The number of likely N-dealkylation sites (tertiary alicyclic amines) is 1. The minimum atomic E-state index is 0.766. The van der Waals surface area contributed by atoms with E-state index < -0.39 is 0 Å². The Hall–Kier alpha value is -1.79. The fraction of sp³-hybridized carbons (Fsp3) is 0.611. The van der Waals surface area contributed by atoms with Crippen molar-refractivity contribution >= 4 is 22.3 Å². The first-order chi connectivity index (χ1) is 11.8. The fourth-order valence-corrected chi connectivity index (χ4v) is 3.75. The Balaban J connectivity index is 1.49. The number of rotatable bonds is 4. The van der Waals surface area contributed by atoms with E-state index in [1.807, 2.05) is 0 Å². The van der Waals surface area contributed by atoms with Crippen LogP contribution in [0.4, 0.5) is 11.4 Å². The van der Waals surface area contributed by atoms with Crippen molar-refractivity contribution in [3.8, 4) is 0 Å². The Morgan fingerprint density at radius 3 is 2.58 bits per heavy atom. The van der Waals surface area contributed by atoms with Gasteiger partial charge in [0, 0.05) is 31.2 Å². The lowest BCUT2D eigenvalue weighted by atomic mass is 10.1. The molecule has 0 bridgehead atoms. The van der Waals surface area contributed by atoms with Gasteiger partial charge in [-0.3, -0.25) is 4.68 Å². The molecule has 6 heteroatoms. The first kappa shape index (κ1) is 15.7. The van der Waals surface area contributed by atoms with Gasteiger partial charge < -0.3 is 20.3 Å². The highest BCUT2D eigenvalue weighted by Gasteiger charge is 2.16. The van der Waals surface area contributed by atoms with Crippen LogP contribution in [0.15, 0.2) is 18.3 Å². The summed E-state index contributed by atoms with van der Waals surface area (Å²) in [5.74, 6) is 0. The summed E-state index contributed by atoms with van der Waals surface area (Å²) < 4.78 is 7.51. The summed E-state index contributed by atoms with van der Waals surface area (Å²) in [4.78, 5) is 4.84. The third-order valence-corrected chi connectivity index (χ3v) is 5.15. The van der Waals surface area contributed by atoms with Gasteiger partial charge in [0.15, 0.2) is 0 Å². The maximum absolute atomic E-state index is 6.29. The van der Waals surface area contributed by atoms with Crippen LogP contribution in [0.3, 0.4) is 0 Å². The molecule has 3 heterocycles. The van der Waals surface area contributed by atoms with E-state index in [1.165, 1.54) is 32.4 Å². The van der Waals surface area contributed by atoms with Crippen LogP contribution >= 0.6 is 0 Å². The average molecular weight is 329 g/mol. The van der Waals surface area contributed by atoms with Gasteiger partial charge in [-0.2, -0.15) is 5.10 Å². The number of morpholine rings is 1. The van der Waals surface area contributed by atoms with E-state index in [9.17, 15) is 0 Å². The Labute approximate surface area is 143 Å². The molecule has 0 saturated carbocycles. The average Bonchev–Trinajstić information content (AvgIpc) is 3.02. The van der Waals surface area contributed by atoms with Crippen LogP contribution in [-0.2, 0) is 11.3 Å². The van der Waals surface area contributed by atoms with E-state index in [-0.39, 0.29) is 0 Å². The number of nitrogen functional groups attached to an aromatic ring is 1. The number of ether oxygens (including phenoxy) is 1.